The Morgan fingerprint density at radius 3 is 2.48 bits per heavy atom. The summed E-state index contributed by atoms with van der Waals surface area (Å²) in [5, 5.41) is 15.1. The second kappa shape index (κ2) is 10.9. The van der Waals surface area contributed by atoms with Crippen molar-refractivity contribution >= 4 is 23.4 Å². The largest absolute Gasteiger partial charge is 0.465 e. The maximum atomic E-state index is 12.3. The molecule has 4 N–H and O–H groups in total. The van der Waals surface area contributed by atoms with Gasteiger partial charge in [0.2, 0.25) is 5.91 Å². The number of nitrogens with zero attached hydrogens (tertiary/aromatic N) is 1. The number of amides is 1. The SMILES string of the molecule is CNC(C)C(=O)Nc1ccc(-c2cc(NO)cc(C(=O)OC)c2)c(C#Cc2ccccc2)n1. The molecule has 8 nitrogen and oxygen atoms in total. The van der Waals surface area contributed by atoms with Crippen molar-refractivity contribution in [1.29, 1.82) is 0 Å². The van der Waals surface area contributed by atoms with Gasteiger partial charge in [-0.05, 0) is 67.9 Å². The summed E-state index contributed by atoms with van der Waals surface area (Å²) in [7, 11) is 2.97. The van der Waals surface area contributed by atoms with Crippen molar-refractivity contribution < 1.29 is 19.5 Å². The van der Waals surface area contributed by atoms with Crippen LogP contribution in [0.25, 0.3) is 11.1 Å². The molecule has 1 unspecified atom stereocenters. The summed E-state index contributed by atoms with van der Waals surface area (Å²) in [5.41, 5.74) is 4.99. The molecule has 2 aromatic carbocycles. The number of ether oxygens (including phenoxy) is 1. The summed E-state index contributed by atoms with van der Waals surface area (Å²) in [6.45, 7) is 1.74. The molecule has 0 aliphatic carbocycles. The number of likely N-dealkylation sites (N-methyl/N-ethyl adjacent to an activating group) is 1. The summed E-state index contributed by atoms with van der Waals surface area (Å²) >= 11 is 0. The lowest BCUT2D eigenvalue weighted by molar-refractivity contribution is -0.117. The van der Waals surface area contributed by atoms with Crippen molar-refractivity contribution in [2.75, 3.05) is 25.0 Å². The minimum absolute atomic E-state index is 0.237. The highest BCUT2D eigenvalue weighted by Crippen LogP contribution is 2.28. The molecule has 0 aliphatic rings. The molecule has 3 rings (SSSR count). The first-order chi connectivity index (χ1) is 15.9. The molecule has 0 radical (unpaired) electrons. The van der Waals surface area contributed by atoms with Crippen molar-refractivity contribution in [2.24, 2.45) is 0 Å². The molecule has 0 fully saturated rings. The van der Waals surface area contributed by atoms with E-state index in [0.29, 0.717) is 28.3 Å². The van der Waals surface area contributed by atoms with Gasteiger partial charge in [0.05, 0.1) is 24.4 Å². The Labute approximate surface area is 192 Å². The predicted octanol–water partition coefficient (Wildman–Crippen LogP) is 3.28. The third kappa shape index (κ3) is 5.95. The average molecular weight is 444 g/mol. The van der Waals surface area contributed by atoms with Crippen LogP contribution >= 0.6 is 0 Å². The molecule has 3 aromatic rings. The van der Waals surface area contributed by atoms with Crippen LogP contribution in [0, 0.1) is 11.8 Å². The number of hydrogen-bond acceptors (Lipinski definition) is 7. The van der Waals surface area contributed by atoms with Crippen LogP contribution in [0.3, 0.4) is 0 Å². The first-order valence-corrected chi connectivity index (χ1v) is 10.1. The quantitative estimate of drug-likeness (QED) is 0.262. The monoisotopic (exact) mass is 444 g/mol. The van der Waals surface area contributed by atoms with Crippen LogP contribution in [0.1, 0.15) is 28.5 Å². The summed E-state index contributed by atoms with van der Waals surface area (Å²) in [6.07, 6.45) is 0. The maximum absolute atomic E-state index is 12.3. The normalized spacial score (nSPS) is 11.0. The number of methoxy groups -OCH3 is 1. The minimum atomic E-state index is -0.553. The molecule has 1 heterocycles. The molecule has 168 valence electrons. The van der Waals surface area contributed by atoms with Gasteiger partial charge >= 0.3 is 5.97 Å². The maximum Gasteiger partial charge on any atom is 0.337 e. The zero-order valence-electron chi connectivity index (χ0n) is 18.5. The number of esters is 1. The van der Waals surface area contributed by atoms with Crippen molar-refractivity contribution in [3.63, 3.8) is 0 Å². The molecule has 0 saturated heterocycles. The Kier molecular flexibility index (Phi) is 7.76. The van der Waals surface area contributed by atoms with Gasteiger partial charge in [0.25, 0.3) is 0 Å². The van der Waals surface area contributed by atoms with E-state index < -0.39 is 12.0 Å². The first kappa shape index (κ1) is 23.5. The number of aromatic nitrogens is 1. The molecule has 0 bridgehead atoms. The molecule has 1 amide bonds. The molecular formula is C25H24N4O4. The second-order valence-electron chi connectivity index (χ2n) is 7.11. The van der Waals surface area contributed by atoms with E-state index >= 15 is 0 Å². The molecule has 0 spiro atoms. The summed E-state index contributed by atoms with van der Waals surface area (Å²) in [4.78, 5) is 28.9. The van der Waals surface area contributed by atoms with Crippen LogP contribution in [-0.2, 0) is 9.53 Å². The Hall–Kier alpha value is -4.19. The Morgan fingerprint density at radius 1 is 1.06 bits per heavy atom. The van der Waals surface area contributed by atoms with Crippen LogP contribution in [0.2, 0.25) is 0 Å². The van der Waals surface area contributed by atoms with Gasteiger partial charge in [-0.25, -0.2) is 9.78 Å². The summed E-state index contributed by atoms with van der Waals surface area (Å²) in [6, 6.07) is 17.1. The fourth-order valence-corrected chi connectivity index (χ4v) is 2.96. The standard InChI is InChI=1S/C25H24N4O4/c1-16(26-2)24(30)28-23-12-10-21(22(27-23)11-9-17-7-5-4-6-8-17)18-13-19(25(31)33-3)15-20(14-18)29-32/h4-8,10,12-16,26,29,32H,1-3H3,(H,27,28,30). The Bertz CT molecular complexity index is 1220. The number of hydrogen-bond donors (Lipinski definition) is 4. The molecule has 8 heteroatoms. The lowest BCUT2D eigenvalue weighted by Gasteiger charge is -2.13. The highest BCUT2D eigenvalue weighted by atomic mass is 16.5. The van der Waals surface area contributed by atoms with E-state index in [2.05, 4.69) is 32.9 Å². The topological polar surface area (TPSA) is 113 Å². The highest BCUT2D eigenvalue weighted by Gasteiger charge is 2.15. The molecule has 0 aliphatic heterocycles. The zero-order valence-corrected chi connectivity index (χ0v) is 18.5. The van der Waals surface area contributed by atoms with Crippen LogP contribution in [0.4, 0.5) is 11.5 Å². The van der Waals surface area contributed by atoms with E-state index in [-0.39, 0.29) is 11.5 Å². The minimum Gasteiger partial charge on any atom is -0.465 e. The molecule has 0 saturated carbocycles. The number of carbonyl (C=O) groups excluding carboxylic acids is 2. The van der Waals surface area contributed by atoms with Crippen LogP contribution < -0.4 is 16.1 Å². The molecular weight excluding hydrogens is 420 g/mol. The van der Waals surface area contributed by atoms with E-state index in [9.17, 15) is 14.8 Å². The lowest BCUT2D eigenvalue weighted by atomic mass is 10.00. The van der Waals surface area contributed by atoms with Gasteiger partial charge in [0, 0.05) is 11.1 Å². The number of rotatable bonds is 6. The Morgan fingerprint density at radius 2 is 1.82 bits per heavy atom. The Balaban J connectivity index is 2.12. The number of carbonyl (C=O) groups is 2. The number of pyridine rings is 1. The number of anilines is 2. The van der Waals surface area contributed by atoms with Gasteiger partial charge in [0.15, 0.2) is 0 Å². The van der Waals surface area contributed by atoms with Gasteiger partial charge < -0.3 is 15.4 Å². The first-order valence-electron chi connectivity index (χ1n) is 10.1. The highest BCUT2D eigenvalue weighted by molar-refractivity contribution is 5.95. The van der Waals surface area contributed by atoms with Crippen LogP contribution in [0.15, 0.2) is 60.7 Å². The fraction of sp³-hybridized carbons (Fsp3) is 0.160. The van der Waals surface area contributed by atoms with Crippen LogP contribution in [-0.4, -0.2) is 42.3 Å². The summed E-state index contributed by atoms with van der Waals surface area (Å²) in [5.74, 6) is 5.68. The molecule has 1 atom stereocenters. The number of benzene rings is 2. The smallest absolute Gasteiger partial charge is 0.337 e. The van der Waals surface area contributed by atoms with E-state index in [1.165, 1.54) is 13.2 Å². The lowest BCUT2D eigenvalue weighted by Crippen LogP contribution is -2.35. The van der Waals surface area contributed by atoms with Crippen molar-refractivity contribution in [2.45, 2.75) is 13.0 Å². The van der Waals surface area contributed by atoms with E-state index in [1.807, 2.05) is 30.3 Å². The molecule has 1 aromatic heterocycles. The second-order valence-corrected chi connectivity index (χ2v) is 7.11. The predicted molar refractivity (Wildman–Crippen MR) is 126 cm³/mol. The van der Waals surface area contributed by atoms with Gasteiger partial charge in [-0.3, -0.25) is 15.5 Å². The summed E-state index contributed by atoms with van der Waals surface area (Å²) < 4.78 is 4.81. The van der Waals surface area contributed by atoms with Crippen molar-refractivity contribution in [1.82, 2.24) is 10.3 Å². The van der Waals surface area contributed by atoms with Crippen molar-refractivity contribution in [3.8, 4) is 23.0 Å². The average Bonchev–Trinajstić information content (AvgIpc) is 2.86. The molecule has 33 heavy (non-hydrogen) atoms. The van der Waals surface area contributed by atoms with E-state index in [4.69, 9.17) is 4.74 Å². The third-order valence-electron chi connectivity index (χ3n) is 4.87. The zero-order chi connectivity index (χ0) is 23.8. The van der Waals surface area contributed by atoms with Crippen molar-refractivity contribution in [3.05, 3.63) is 77.5 Å². The van der Waals surface area contributed by atoms with Gasteiger partial charge in [-0.1, -0.05) is 24.1 Å². The van der Waals surface area contributed by atoms with E-state index in [0.717, 1.165) is 5.56 Å². The van der Waals surface area contributed by atoms with Gasteiger partial charge in [-0.15, -0.1) is 0 Å². The van der Waals surface area contributed by atoms with Gasteiger partial charge in [-0.2, -0.15) is 0 Å². The van der Waals surface area contributed by atoms with E-state index in [1.54, 1.807) is 38.2 Å². The third-order valence-corrected chi connectivity index (χ3v) is 4.87. The number of nitrogens with one attached hydrogen (secondary N) is 3. The van der Waals surface area contributed by atoms with Crippen LogP contribution in [0.5, 0.6) is 0 Å². The van der Waals surface area contributed by atoms with Gasteiger partial charge in [0.1, 0.15) is 11.5 Å². The fourth-order valence-electron chi connectivity index (χ4n) is 2.96.